The van der Waals surface area contributed by atoms with Crippen molar-refractivity contribution in [3.63, 3.8) is 0 Å². The molecule has 2 aliphatic carbocycles. The summed E-state index contributed by atoms with van der Waals surface area (Å²) in [5, 5.41) is 9.41. The highest BCUT2D eigenvalue weighted by atomic mass is 19.1. The van der Waals surface area contributed by atoms with Crippen LogP contribution in [0.4, 0.5) is 4.39 Å². The monoisotopic (exact) mass is 258 g/mol. The molecule has 3 heteroatoms. The lowest BCUT2D eigenvalue weighted by Crippen LogP contribution is -2.16. The van der Waals surface area contributed by atoms with E-state index >= 15 is 0 Å². The van der Waals surface area contributed by atoms with Crippen molar-refractivity contribution in [2.45, 2.75) is 12.8 Å². The van der Waals surface area contributed by atoms with E-state index in [1.165, 1.54) is 12.1 Å². The third-order valence-corrected chi connectivity index (χ3v) is 4.12. The Morgan fingerprint density at radius 1 is 1.21 bits per heavy atom. The van der Waals surface area contributed by atoms with E-state index in [1.54, 1.807) is 18.2 Å². The molecule has 3 rings (SSSR count). The minimum absolute atomic E-state index is 0.0950. The van der Waals surface area contributed by atoms with Crippen LogP contribution in [0.5, 0.6) is 0 Å². The van der Waals surface area contributed by atoms with Gasteiger partial charge in [-0.3, -0.25) is 0 Å². The Morgan fingerprint density at radius 2 is 1.95 bits per heavy atom. The second-order valence-corrected chi connectivity index (χ2v) is 5.34. The number of benzene rings is 1. The summed E-state index contributed by atoms with van der Waals surface area (Å²) in [6, 6.07) is 5.93. The summed E-state index contributed by atoms with van der Waals surface area (Å²) >= 11 is 0. The lowest BCUT2D eigenvalue weighted by molar-refractivity contribution is -0.133. The summed E-state index contributed by atoms with van der Waals surface area (Å²) in [6.45, 7) is 0. The van der Waals surface area contributed by atoms with E-state index in [0.717, 1.165) is 18.4 Å². The predicted octanol–water partition coefficient (Wildman–Crippen LogP) is 3.51. The first-order valence-electron chi connectivity index (χ1n) is 6.52. The number of carboxylic acids is 1. The molecule has 1 N–H and O–H groups in total. The number of aliphatic carboxylic acids is 1. The first kappa shape index (κ1) is 12.2. The Bertz CT molecular complexity index is 557. The maximum Gasteiger partial charge on any atom is 0.331 e. The number of halogens is 1. The maximum atomic E-state index is 12.9. The van der Waals surface area contributed by atoms with Crippen molar-refractivity contribution in [2.24, 2.45) is 17.8 Å². The van der Waals surface area contributed by atoms with Crippen molar-refractivity contribution in [1.82, 2.24) is 0 Å². The van der Waals surface area contributed by atoms with Crippen molar-refractivity contribution >= 4 is 12.0 Å². The van der Waals surface area contributed by atoms with Crippen molar-refractivity contribution in [3.8, 4) is 0 Å². The van der Waals surface area contributed by atoms with Crippen LogP contribution in [-0.2, 0) is 4.79 Å². The number of carbonyl (C=O) groups is 1. The van der Waals surface area contributed by atoms with E-state index < -0.39 is 5.97 Å². The Balaban J connectivity index is 1.91. The van der Waals surface area contributed by atoms with Gasteiger partial charge in [-0.2, -0.15) is 0 Å². The Morgan fingerprint density at radius 3 is 2.47 bits per heavy atom. The average molecular weight is 258 g/mol. The molecule has 0 aliphatic heterocycles. The molecule has 3 unspecified atom stereocenters. The molecule has 0 aromatic heterocycles. The SMILES string of the molecule is O=C(O)C(=Cc1ccc(F)cc1)C1CC2C=CC1C2. The second-order valence-electron chi connectivity index (χ2n) is 5.34. The highest BCUT2D eigenvalue weighted by molar-refractivity contribution is 5.93. The van der Waals surface area contributed by atoms with Gasteiger partial charge in [0, 0.05) is 5.57 Å². The van der Waals surface area contributed by atoms with Gasteiger partial charge in [-0.1, -0.05) is 24.3 Å². The number of fused-ring (bicyclic) bond motifs is 2. The summed E-state index contributed by atoms with van der Waals surface area (Å²) in [6.07, 6.45) is 8.00. The van der Waals surface area contributed by atoms with Gasteiger partial charge in [0.15, 0.2) is 0 Å². The van der Waals surface area contributed by atoms with Crippen LogP contribution in [0, 0.1) is 23.6 Å². The normalized spacial score (nSPS) is 28.9. The van der Waals surface area contributed by atoms with Crippen LogP contribution >= 0.6 is 0 Å². The van der Waals surface area contributed by atoms with E-state index in [2.05, 4.69) is 12.2 Å². The van der Waals surface area contributed by atoms with Crippen LogP contribution in [0.3, 0.4) is 0 Å². The van der Waals surface area contributed by atoms with Gasteiger partial charge in [0.25, 0.3) is 0 Å². The molecule has 1 fully saturated rings. The van der Waals surface area contributed by atoms with Gasteiger partial charge in [-0.25, -0.2) is 9.18 Å². The third kappa shape index (κ3) is 2.33. The number of hydrogen-bond donors (Lipinski definition) is 1. The van der Waals surface area contributed by atoms with Crippen LogP contribution in [0.2, 0.25) is 0 Å². The molecule has 2 nitrogen and oxygen atoms in total. The van der Waals surface area contributed by atoms with Gasteiger partial charge in [0.1, 0.15) is 5.82 Å². The fourth-order valence-electron chi connectivity index (χ4n) is 3.20. The Kier molecular flexibility index (Phi) is 2.97. The molecule has 1 aromatic carbocycles. The van der Waals surface area contributed by atoms with Crippen molar-refractivity contribution in [3.05, 3.63) is 53.4 Å². The molecule has 1 saturated carbocycles. The van der Waals surface area contributed by atoms with Crippen molar-refractivity contribution < 1.29 is 14.3 Å². The Labute approximate surface area is 111 Å². The van der Waals surface area contributed by atoms with Crippen LogP contribution in [-0.4, -0.2) is 11.1 Å². The number of carboxylic acid groups (broad SMARTS) is 1. The predicted molar refractivity (Wildman–Crippen MR) is 70.9 cm³/mol. The summed E-state index contributed by atoms with van der Waals surface area (Å²) in [4.78, 5) is 11.5. The molecule has 3 atom stereocenters. The summed E-state index contributed by atoms with van der Waals surface area (Å²) in [5.74, 6) is -0.191. The fraction of sp³-hybridized carbons (Fsp3) is 0.312. The van der Waals surface area contributed by atoms with Crippen LogP contribution in [0.1, 0.15) is 18.4 Å². The first-order valence-corrected chi connectivity index (χ1v) is 6.52. The minimum atomic E-state index is -0.865. The maximum absolute atomic E-state index is 12.9. The molecule has 1 aromatic rings. The van der Waals surface area contributed by atoms with E-state index in [1.807, 2.05) is 0 Å². The second kappa shape index (κ2) is 4.65. The summed E-state index contributed by atoms with van der Waals surface area (Å²) < 4.78 is 12.9. The molecule has 0 amide bonds. The molecule has 0 radical (unpaired) electrons. The molecule has 98 valence electrons. The largest absolute Gasteiger partial charge is 0.478 e. The zero-order chi connectivity index (χ0) is 13.4. The van der Waals surface area contributed by atoms with Crippen LogP contribution in [0.25, 0.3) is 6.08 Å². The van der Waals surface area contributed by atoms with Gasteiger partial charge >= 0.3 is 5.97 Å². The first-order chi connectivity index (χ1) is 9.13. The zero-order valence-electron chi connectivity index (χ0n) is 10.4. The zero-order valence-corrected chi connectivity index (χ0v) is 10.4. The molecule has 0 heterocycles. The number of rotatable bonds is 3. The highest BCUT2D eigenvalue weighted by Crippen LogP contribution is 2.47. The standard InChI is InChI=1S/C16H15FO2/c17-13-5-2-10(3-6-13)8-15(16(18)19)14-9-11-1-4-12(14)7-11/h1-6,8,11-12,14H,7,9H2,(H,18,19). The fourth-order valence-corrected chi connectivity index (χ4v) is 3.20. The number of allylic oxidation sites excluding steroid dienone is 2. The van der Waals surface area contributed by atoms with Crippen LogP contribution < -0.4 is 0 Å². The molecule has 0 saturated heterocycles. The smallest absolute Gasteiger partial charge is 0.331 e. The lowest BCUT2D eigenvalue weighted by Gasteiger charge is -2.19. The van der Waals surface area contributed by atoms with Gasteiger partial charge < -0.3 is 5.11 Å². The minimum Gasteiger partial charge on any atom is -0.478 e. The summed E-state index contributed by atoms with van der Waals surface area (Å²) in [7, 11) is 0. The number of hydrogen-bond acceptors (Lipinski definition) is 1. The average Bonchev–Trinajstić information content (AvgIpc) is 3.00. The molecule has 0 spiro atoms. The van der Waals surface area contributed by atoms with Gasteiger partial charge in [-0.05, 0) is 54.4 Å². The van der Waals surface area contributed by atoms with E-state index in [0.29, 0.717) is 17.4 Å². The summed E-state index contributed by atoms with van der Waals surface area (Å²) in [5.41, 5.74) is 1.19. The van der Waals surface area contributed by atoms with Crippen molar-refractivity contribution in [1.29, 1.82) is 0 Å². The van der Waals surface area contributed by atoms with Crippen LogP contribution in [0.15, 0.2) is 42.0 Å². The van der Waals surface area contributed by atoms with E-state index in [4.69, 9.17) is 0 Å². The molecule has 2 aliphatic rings. The molecular weight excluding hydrogens is 243 g/mol. The lowest BCUT2D eigenvalue weighted by atomic mass is 9.85. The third-order valence-electron chi connectivity index (χ3n) is 4.12. The highest BCUT2D eigenvalue weighted by Gasteiger charge is 2.39. The molecular formula is C16H15FO2. The van der Waals surface area contributed by atoms with E-state index in [-0.39, 0.29) is 11.7 Å². The van der Waals surface area contributed by atoms with Gasteiger partial charge in [0.2, 0.25) is 0 Å². The van der Waals surface area contributed by atoms with E-state index in [9.17, 15) is 14.3 Å². The Hall–Kier alpha value is -1.90. The molecule has 19 heavy (non-hydrogen) atoms. The molecule has 2 bridgehead atoms. The quantitative estimate of drug-likeness (QED) is 0.665. The topological polar surface area (TPSA) is 37.3 Å². The van der Waals surface area contributed by atoms with Crippen molar-refractivity contribution in [2.75, 3.05) is 0 Å². The van der Waals surface area contributed by atoms with Gasteiger partial charge in [0.05, 0.1) is 0 Å². The van der Waals surface area contributed by atoms with Gasteiger partial charge in [-0.15, -0.1) is 0 Å².